The van der Waals surface area contributed by atoms with Gasteiger partial charge in [-0.2, -0.15) is 13.2 Å². The van der Waals surface area contributed by atoms with Gasteiger partial charge in [0.15, 0.2) is 5.78 Å². The Kier molecular flexibility index (Phi) is 2.81. The summed E-state index contributed by atoms with van der Waals surface area (Å²) in [6.07, 6.45) is -8.96. The maximum atomic E-state index is 12.2. The summed E-state index contributed by atoms with van der Waals surface area (Å²) in [6, 6.07) is 0. The fraction of sp³-hybridized carbons (Fsp3) is 0.800. The molecule has 0 saturated heterocycles. The zero-order valence-corrected chi connectivity index (χ0v) is 5.89. The minimum Gasteiger partial charge on any atom is -0.356 e. The molecule has 0 aromatic rings. The van der Waals surface area contributed by atoms with E-state index in [2.05, 4.69) is 0 Å². The van der Waals surface area contributed by atoms with Crippen molar-refractivity contribution in [3.8, 4) is 0 Å². The summed E-state index contributed by atoms with van der Waals surface area (Å²) in [4.78, 5) is 10.0. The fourth-order valence-corrected chi connectivity index (χ4v) is 0.427. The number of hydrogen-bond acceptors (Lipinski definition) is 3. The Morgan fingerprint density at radius 3 is 1.75 bits per heavy atom. The van der Waals surface area contributed by atoms with Crippen LogP contribution in [-0.2, 0) is 4.79 Å². The molecule has 0 heterocycles. The largest absolute Gasteiger partial charge is 0.446 e. The van der Waals surface area contributed by atoms with Crippen LogP contribution >= 0.6 is 0 Å². The van der Waals surface area contributed by atoms with E-state index in [0.717, 1.165) is 0 Å². The Balaban J connectivity index is 4.73. The SMILES string of the molecule is CC(=O)C(F)C(O)(O)C(F)(F)F. The lowest BCUT2D eigenvalue weighted by molar-refractivity contribution is -0.363. The Morgan fingerprint density at radius 2 is 1.67 bits per heavy atom. The summed E-state index contributed by atoms with van der Waals surface area (Å²) >= 11 is 0. The molecule has 1 atom stereocenters. The van der Waals surface area contributed by atoms with Crippen LogP contribution in [0.5, 0.6) is 0 Å². The Labute approximate surface area is 64.6 Å². The van der Waals surface area contributed by atoms with Gasteiger partial charge in [0.25, 0.3) is 0 Å². The molecule has 0 rings (SSSR count). The van der Waals surface area contributed by atoms with Gasteiger partial charge >= 0.3 is 12.0 Å². The van der Waals surface area contributed by atoms with Crippen LogP contribution in [0, 0.1) is 0 Å². The van der Waals surface area contributed by atoms with Crippen molar-refractivity contribution in [2.75, 3.05) is 0 Å². The first-order chi connectivity index (χ1) is 5.10. The van der Waals surface area contributed by atoms with Gasteiger partial charge < -0.3 is 10.2 Å². The highest BCUT2D eigenvalue weighted by atomic mass is 19.4. The van der Waals surface area contributed by atoms with Gasteiger partial charge in [-0.15, -0.1) is 0 Å². The third kappa shape index (κ3) is 1.92. The van der Waals surface area contributed by atoms with Crippen LogP contribution in [0.25, 0.3) is 0 Å². The summed E-state index contributed by atoms with van der Waals surface area (Å²) in [6.45, 7) is 0.484. The monoisotopic (exact) mass is 190 g/mol. The van der Waals surface area contributed by atoms with Gasteiger partial charge in [0.2, 0.25) is 6.17 Å². The second-order valence-electron chi connectivity index (χ2n) is 2.20. The molecule has 0 spiro atoms. The van der Waals surface area contributed by atoms with Crippen LogP contribution in [0.15, 0.2) is 0 Å². The highest BCUT2D eigenvalue weighted by molar-refractivity contribution is 5.81. The second kappa shape index (κ2) is 2.98. The molecule has 72 valence electrons. The van der Waals surface area contributed by atoms with Crippen LogP contribution < -0.4 is 0 Å². The summed E-state index contributed by atoms with van der Waals surface area (Å²) in [5.41, 5.74) is 0. The number of Topliss-reactive ketones (excluding diaryl/α,β-unsaturated/α-hetero) is 1. The van der Waals surface area contributed by atoms with E-state index in [4.69, 9.17) is 10.2 Å². The number of rotatable bonds is 2. The molecule has 0 aliphatic rings. The van der Waals surface area contributed by atoms with Gasteiger partial charge in [-0.1, -0.05) is 0 Å². The smallest absolute Gasteiger partial charge is 0.356 e. The molecule has 0 aromatic heterocycles. The Bertz CT molecular complexity index is 186. The van der Waals surface area contributed by atoms with Crippen molar-refractivity contribution in [3.63, 3.8) is 0 Å². The van der Waals surface area contributed by atoms with Crippen LogP contribution in [0.1, 0.15) is 6.92 Å². The van der Waals surface area contributed by atoms with Crippen LogP contribution in [0.2, 0.25) is 0 Å². The average molecular weight is 190 g/mol. The molecule has 0 bridgehead atoms. The van der Waals surface area contributed by atoms with E-state index in [-0.39, 0.29) is 0 Å². The summed E-state index contributed by atoms with van der Waals surface area (Å²) in [5.74, 6) is -6.20. The molecule has 0 aliphatic heterocycles. The molecule has 0 fully saturated rings. The molecule has 0 amide bonds. The lowest BCUT2D eigenvalue weighted by Crippen LogP contribution is -2.55. The lowest BCUT2D eigenvalue weighted by atomic mass is 10.1. The fourth-order valence-electron chi connectivity index (χ4n) is 0.427. The lowest BCUT2D eigenvalue weighted by Gasteiger charge is -2.25. The van der Waals surface area contributed by atoms with Crippen molar-refractivity contribution in [1.82, 2.24) is 0 Å². The van der Waals surface area contributed by atoms with Gasteiger partial charge in [0.1, 0.15) is 0 Å². The first-order valence-electron chi connectivity index (χ1n) is 2.76. The molecule has 7 heteroatoms. The molecule has 12 heavy (non-hydrogen) atoms. The standard InChI is InChI=1S/C5H6F4O3/c1-2(10)3(6)4(11,12)5(7,8)9/h3,11-12H,1H3. The van der Waals surface area contributed by atoms with Crippen LogP contribution in [0.3, 0.4) is 0 Å². The zero-order valence-electron chi connectivity index (χ0n) is 5.89. The summed E-state index contributed by atoms with van der Waals surface area (Å²) < 4.78 is 46.9. The number of carbonyl (C=O) groups excluding carboxylic acids is 1. The van der Waals surface area contributed by atoms with Gasteiger partial charge in [0.05, 0.1) is 0 Å². The summed E-state index contributed by atoms with van der Waals surface area (Å²) in [5, 5.41) is 16.2. The first-order valence-corrected chi connectivity index (χ1v) is 2.76. The molecular weight excluding hydrogens is 184 g/mol. The van der Waals surface area contributed by atoms with E-state index >= 15 is 0 Å². The predicted molar refractivity (Wildman–Crippen MR) is 28.8 cm³/mol. The molecule has 1 unspecified atom stereocenters. The third-order valence-electron chi connectivity index (χ3n) is 1.13. The molecule has 0 aromatic carbocycles. The molecule has 0 aliphatic carbocycles. The minimum absolute atomic E-state index is 0.484. The van der Waals surface area contributed by atoms with Crippen molar-refractivity contribution < 1.29 is 32.6 Å². The van der Waals surface area contributed by atoms with Crippen molar-refractivity contribution in [1.29, 1.82) is 0 Å². The molecular formula is C5H6F4O3. The van der Waals surface area contributed by atoms with Crippen LogP contribution in [0.4, 0.5) is 17.6 Å². The number of ketones is 1. The number of alkyl halides is 4. The Morgan fingerprint density at radius 1 is 1.33 bits per heavy atom. The van der Waals surface area contributed by atoms with Gasteiger partial charge in [0, 0.05) is 0 Å². The molecule has 2 N–H and O–H groups in total. The number of hydrogen-bond donors (Lipinski definition) is 2. The van der Waals surface area contributed by atoms with E-state index in [9.17, 15) is 22.4 Å². The third-order valence-corrected chi connectivity index (χ3v) is 1.13. The molecule has 3 nitrogen and oxygen atoms in total. The van der Waals surface area contributed by atoms with Gasteiger partial charge in [-0.25, -0.2) is 4.39 Å². The van der Waals surface area contributed by atoms with E-state index in [1.807, 2.05) is 0 Å². The average Bonchev–Trinajstić information content (AvgIpc) is 1.83. The van der Waals surface area contributed by atoms with Gasteiger partial charge in [-0.3, -0.25) is 4.79 Å². The van der Waals surface area contributed by atoms with E-state index in [0.29, 0.717) is 6.92 Å². The first kappa shape index (κ1) is 11.3. The topological polar surface area (TPSA) is 57.5 Å². The maximum absolute atomic E-state index is 12.2. The zero-order chi connectivity index (χ0) is 10.2. The van der Waals surface area contributed by atoms with Gasteiger partial charge in [-0.05, 0) is 6.92 Å². The van der Waals surface area contributed by atoms with Crippen LogP contribution in [-0.4, -0.2) is 34.1 Å². The van der Waals surface area contributed by atoms with E-state index < -0.39 is 23.9 Å². The van der Waals surface area contributed by atoms with Crippen molar-refractivity contribution in [2.24, 2.45) is 0 Å². The Hall–Kier alpha value is -0.690. The van der Waals surface area contributed by atoms with Crippen molar-refractivity contribution in [3.05, 3.63) is 0 Å². The maximum Gasteiger partial charge on any atom is 0.446 e. The van der Waals surface area contributed by atoms with Crippen molar-refractivity contribution >= 4 is 5.78 Å². The predicted octanol–water partition coefficient (Wildman–Crippen LogP) is 0.157. The minimum atomic E-state index is -5.59. The normalized spacial score (nSPS) is 15.9. The summed E-state index contributed by atoms with van der Waals surface area (Å²) in [7, 11) is 0. The highest BCUT2D eigenvalue weighted by Crippen LogP contribution is 2.32. The van der Waals surface area contributed by atoms with E-state index in [1.165, 1.54) is 0 Å². The number of halogens is 4. The number of aliphatic hydroxyl groups is 2. The molecule has 0 saturated carbocycles. The molecule has 0 radical (unpaired) electrons. The van der Waals surface area contributed by atoms with Crippen molar-refractivity contribution in [2.45, 2.75) is 25.1 Å². The number of carbonyl (C=O) groups is 1. The highest BCUT2D eigenvalue weighted by Gasteiger charge is 2.60. The quantitative estimate of drug-likeness (QED) is 0.481. The van der Waals surface area contributed by atoms with E-state index in [1.54, 1.807) is 0 Å². The second-order valence-corrected chi connectivity index (χ2v) is 2.20.